The second kappa shape index (κ2) is 5.48. The summed E-state index contributed by atoms with van der Waals surface area (Å²) in [6.07, 6.45) is 2.08. The van der Waals surface area contributed by atoms with E-state index in [2.05, 4.69) is 10.3 Å². The third-order valence-corrected chi connectivity index (χ3v) is 4.22. The lowest BCUT2D eigenvalue weighted by molar-refractivity contribution is -0.146. The Morgan fingerprint density at radius 2 is 2.22 bits per heavy atom. The molecule has 2 N–H and O–H groups in total. The Morgan fingerprint density at radius 1 is 1.50 bits per heavy atom. The smallest absolute Gasteiger partial charge is 0.307 e. The normalized spacial score (nSPS) is 22.9. The number of aromatic nitrogens is 1. The van der Waals surface area contributed by atoms with Gasteiger partial charge in [-0.3, -0.25) is 9.59 Å². The van der Waals surface area contributed by atoms with E-state index in [0.29, 0.717) is 19.4 Å². The highest BCUT2D eigenvalue weighted by Gasteiger charge is 2.37. The van der Waals surface area contributed by atoms with Crippen LogP contribution in [0.15, 0.2) is 5.38 Å². The van der Waals surface area contributed by atoms with Crippen LogP contribution in [-0.2, 0) is 16.1 Å². The van der Waals surface area contributed by atoms with Crippen molar-refractivity contribution in [2.45, 2.75) is 32.7 Å². The third kappa shape index (κ3) is 2.87. The van der Waals surface area contributed by atoms with Crippen LogP contribution >= 0.6 is 11.3 Å². The zero-order valence-corrected chi connectivity index (χ0v) is 11.0. The average Bonchev–Trinajstić information content (AvgIpc) is 2.94. The van der Waals surface area contributed by atoms with Crippen LogP contribution in [0.5, 0.6) is 0 Å². The zero-order valence-electron chi connectivity index (χ0n) is 10.2. The summed E-state index contributed by atoms with van der Waals surface area (Å²) in [7, 11) is 0. The van der Waals surface area contributed by atoms with Crippen LogP contribution in [0.25, 0.3) is 0 Å². The highest BCUT2D eigenvalue weighted by Crippen LogP contribution is 2.32. The molecule has 6 heteroatoms. The number of nitrogens with zero attached hydrogens (tertiary/aromatic N) is 1. The number of thiazole rings is 1. The minimum Gasteiger partial charge on any atom is -0.481 e. The molecule has 2 atom stereocenters. The minimum atomic E-state index is -0.863. The van der Waals surface area contributed by atoms with Gasteiger partial charge in [0.15, 0.2) is 0 Å². The lowest BCUT2D eigenvalue weighted by Crippen LogP contribution is -2.34. The van der Waals surface area contributed by atoms with E-state index in [0.717, 1.165) is 17.1 Å². The number of hydrogen-bond acceptors (Lipinski definition) is 4. The number of aliphatic carboxylic acids is 1. The molecular weight excluding hydrogens is 252 g/mol. The molecule has 1 aromatic heterocycles. The molecule has 0 spiro atoms. The van der Waals surface area contributed by atoms with Gasteiger partial charge in [-0.2, -0.15) is 0 Å². The molecule has 1 aliphatic carbocycles. The van der Waals surface area contributed by atoms with Crippen molar-refractivity contribution in [3.63, 3.8) is 0 Å². The maximum absolute atomic E-state index is 11.9. The summed E-state index contributed by atoms with van der Waals surface area (Å²) < 4.78 is 0. The summed E-state index contributed by atoms with van der Waals surface area (Å²) in [6.45, 7) is 2.29. The van der Waals surface area contributed by atoms with Crippen molar-refractivity contribution in [3.05, 3.63) is 16.1 Å². The number of carbonyl (C=O) groups is 2. The fraction of sp³-hybridized carbons (Fsp3) is 0.583. The SMILES string of the molecule is Cc1csc(CNC(=O)[C@@H]2CCC[C@@H]2C(=O)O)n1. The number of amides is 1. The van der Waals surface area contributed by atoms with E-state index < -0.39 is 11.9 Å². The highest BCUT2D eigenvalue weighted by atomic mass is 32.1. The second-order valence-electron chi connectivity index (χ2n) is 4.58. The van der Waals surface area contributed by atoms with Crippen LogP contribution in [0, 0.1) is 18.8 Å². The monoisotopic (exact) mass is 268 g/mol. The first-order valence-electron chi connectivity index (χ1n) is 5.99. The van der Waals surface area contributed by atoms with E-state index in [1.165, 1.54) is 11.3 Å². The number of aryl methyl sites for hydroxylation is 1. The number of carboxylic acid groups (broad SMARTS) is 1. The molecule has 0 aliphatic heterocycles. The van der Waals surface area contributed by atoms with Crippen molar-refractivity contribution < 1.29 is 14.7 Å². The van der Waals surface area contributed by atoms with Gasteiger partial charge in [0.25, 0.3) is 0 Å². The summed E-state index contributed by atoms with van der Waals surface area (Å²) in [6, 6.07) is 0. The van der Waals surface area contributed by atoms with Gasteiger partial charge in [0, 0.05) is 11.1 Å². The largest absolute Gasteiger partial charge is 0.481 e. The molecule has 18 heavy (non-hydrogen) atoms. The van der Waals surface area contributed by atoms with Crippen molar-refractivity contribution in [2.24, 2.45) is 11.8 Å². The number of carboxylic acids is 1. The number of rotatable bonds is 4. The van der Waals surface area contributed by atoms with Gasteiger partial charge in [0.2, 0.25) is 5.91 Å². The van der Waals surface area contributed by atoms with E-state index in [1.807, 2.05) is 12.3 Å². The summed E-state index contributed by atoms with van der Waals surface area (Å²) in [5.74, 6) is -1.93. The predicted molar refractivity (Wildman–Crippen MR) is 67.2 cm³/mol. The first-order valence-corrected chi connectivity index (χ1v) is 6.87. The average molecular weight is 268 g/mol. The van der Waals surface area contributed by atoms with Gasteiger partial charge < -0.3 is 10.4 Å². The van der Waals surface area contributed by atoms with Gasteiger partial charge in [-0.25, -0.2) is 4.98 Å². The van der Waals surface area contributed by atoms with Crippen molar-refractivity contribution in [3.8, 4) is 0 Å². The molecule has 1 fully saturated rings. The Hall–Kier alpha value is -1.43. The van der Waals surface area contributed by atoms with Crippen LogP contribution < -0.4 is 5.32 Å². The lowest BCUT2D eigenvalue weighted by atomic mass is 9.95. The Kier molecular flexibility index (Phi) is 3.96. The molecule has 0 bridgehead atoms. The minimum absolute atomic E-state index is 0.159. The standard InChI is InChI=1S/C12H16N2O3S/c1-7-6-18-10(14-7)5-13-11(15)8-3-2-4-9(8)12(16)17/h6,8-9H,2-5H2,1H3,(H,13,15)(H,16,17)/t8-,9+/m1/s1. The van der Waals surface area contributed by atoms with Gasteiger partial charge in [-0.15, -0.1) is 11.3 Å². The molecule has 1 saturated carbocycles. The first kappa shape index (κ1) is 13.0. The molecule has 0 saturated heterocycles. The molecule has 1 heterocycles. The topological polar surface area (TPSA) is 79.3 Å². The Labute approximate surface area is 109 Å². The maximum Gasteiger partial charge on any atom is 0.307 e. The number of hydrogen-bond donors (Lipinski definition) is 2. The molecule has 0 unspecified atom stereocenters. The van der Waals surface area contributed by atoms with E-state index >= 15 is 0 Å². The Morgan fingerprint density at radius 3 is 2.83 bits per heavy atom. The van der Waals surface area contributed by atoms with Crippen molar-refractivity contribution >= 4 is 23.2 Å². The van der Waals surface area contributed by atoms with Gasteiger partial charge in [0.05, 0.1) is 18.4 Å². The molecule has 1 aliphatic rings. The van der Waals surface area contributed by atoms with Gasteiger partial charge in [0.1, 0.15) is 5.01 Å². The molecule has 0 radical (unpaired) electrons. The number of nitrogens with one attached hydrogen (secondary N) is 1. The Bertz CT molecular complexity index is 458. The fourth-order valence-electron chi connectivity index (χ4n) is 2.35. The van der Waals surface area contributed by atoms with Crippen molar-refractivity contribution in [1.82, 2.24) is 10.3 Å². The molecule has 2 rings (SSSR count). The van der Waals surface area contributed by atoms with Crippen molar-refractivity contribution in [1.29, 1.82) is 0 Å². The fourth-order valence-corrected chi connectivity index (χ4v) is 3.06. The van der Waals surface area contributed by atoms with Crippen LogP contribution in [0.3, 0.4) is 0 Å². The van der Waals surface area contributed by atoms with Crippen LogP contribution in [0.4, 0.5) is 0 Å². The maximum atomic E-state index is 11.9. The molecule has 0 aromatic carbocycles. The first-order chi connectivity index (χ1) is 8.58. The zero-order chi connectivity index (χ0) is 13.1. The predicted octanol–water partition coefficient (Wildman–Crippen LogP) is 1.57. The third-order valence-electron chi connectivity index (χ3n) is 3.25. The molecule has 1 aromatic rings. The van der Waals surface area contributed by atoms with Crippen LogP contribution in [0.1, 0.15) is 30.0 Å². The molecule has 5 nitrogen and oxygen atoms in total. The second-order valence-corrected chi connectivity index (χ2v) is 5.53. The van der Waals surface area contributed by atoms with E-state index in [4.69, 9.17) is 5.11 Å². The van der Waals surface area contributed by atoms with Crippen LogP contribution in [0.2, 0.25) is 0 Å². The highest BCUT2D eigenvalue weighted by molar-refractivity contribution is 7.09. The van der Waals surface area contributed by atoms with Gasteiger partial charge in [-0.05, 0) is 19.8 Å². The van der Waals surface area contributed by atoms with E-state index in [1.54, 1.807) is 0 Å². The molecule has 98 valence electrons. The summed E-state index contributed by atoms with van der Waals surface area (Å²) in [5, 5.41) is 14.6. The van der Waals surface area contributed by atoms with E-state index in [9.17, 15) is 9.59 Å². The van der Waals surface area contributed by atoms with Gasteiger partial charge >= 0.3 is 5.97 Å². The van der Waals surface area contributed by atoms with Crippen LogP contribution in [-0.4, -0.2) is 22.0 Å². The summed E-state index contributed by atoms with van der Waals surface area (Å²) in [4.78, 5) is 27.2. The van der Waals surface area contributed by atoms with Gasteiger partial charge in [-0.1, -0.05) is 6.42 Å². The number of carbonyl (C=O) groups excluding carboxylic acids is 1. The molecule has 1 amide bonds. The Balaban J connectivity index is 1.89. The van der Waals surface area contributed by atoms with Crippen molar-refractivity contribution in [2.75, 3.05) is 0 Å². The summed E-state index contributed by atoms with van der Waals surface area (Å²) >= 11 is 1.50. The quantitative estimate of drug-likeness (QED) is 0.868. The summed E-state index contributed by atoms with van der Waals surface area (Å²) in [5.41, 5.74) is 0.938. The lowest BCUT2D eigenvalue weighted by Gasteiger charge is -2.14. The van der Waals surface area contributed by atoms with E-state index in [-0.39, 0.29) is 11.8 Å². The molecular formula is C12H16N2O3S.